The van der Waals surface area contributed by atoms with Gasteiger partial charge in [0.1, 0.15) is 0 Å². The van der Waals surface area contributed by atoms with Gasteiger partial charge in [0, 0.05) is 36.1 Å². The van der Waals surface area contributed by atoms with Gasteiger partial charge in [0.2, 0.25) is 0 Å². The molecule has 1 aliphatic rings. The van der Waals surface area contributed by atoms with E-state index < -0.39 is 0 Å². The van der Waals surface area contributed by atoms with E-state index in [1.807, 2.05) is 11.3 Å². The van der Waals surface area contributed by atoms with Gasteiger partial charge in [0.05, 0.1) is 5.69 Å². The van der Waals surface area contributed by atoms with Gasteiger partial charge in [-0.1, -0.05) is 6.92 Å². The van der Waals surface area contributed by atoms with Crippen molar-refractivity contribution in [3.8, 4) is 0 Å². The van der Waals surface area contributed by atoms with E-state index in [2.05, 4.69) is 56.9 Å². The Labute approximate surface area is 133 Å². The van der Waals surface area contributed by atoms with E-state index in [0.29, 0.717) is 6.04 Å². The Morgan fingerprint density at radius 2 is 2.10 bits per heavy atom. The molecule has 1 aromatic heterocycles. The fourth-order valence-corrected chi connectivity index (χ4v) is 3.73. The maximum atomic E-state index is 4.89. The first-order valence-electron chi connectivity index (χ1n) is 7.95. The fourth-order valence-electron chi connectivity index (χ4n) is 2.60. The number of aromatic nitrogens is 1. The average molecular weight is 311 g/mol. The Bertz CT molecular complexity index is 461. The molecule has 21 heavy (non-hydrogen) atoms. The van der Waals surface area contributed by atoms with Crippen molar-refractivity contribution in [1.29, 1.82) is 0 Å². The maximum Gasteiger partial charge on any atom is 0.185 e. The largest absolute Gasteiger partial charge is 0.346 e. The van der Waals surface area contributed by atoms with Crippen LogP contribution in [0.25, 0.3) is 0 Å². The molecule has 1 aromatic rings. The number of rotatable bonds is 5. The van der Waals surface area contributed by atoms with Crippen molar-refractivity contribution in [3.05, 3.63) is 10.6 Å². The quantitative estimate of drug-likeness (QED) is 0.906. The lowest BCUT2D eigenvalue weighted by Gasteiger charge is -2.20. The molecule has 1 aliphatic heterocycles. The smallest absolute Gasteiger partial charge is 0.185 e. The molecule has 1 atom stereocenters. The molecule has 0 spiro atoms. The van der Waals surface area contributed by atoms with Gasteiger partial charge in [0.15, 0.2) is 5.13 Å². The molecule has 5 heteroatoms. The van der Waals surface area contributed by atoms with Crippen LogP contribution >= 0.6 is 11.3 Å². The predicted molar refractivity (Wildman–Crippen MR) is 92.4 cm³/mol. The Balaban J connectivity index is 2.06. The zero-order chi connectivity index (χ0) is 15.6. The molecular weight excluding hydrogens is 280 g/mol. The number of aryl methyl sites for hydroxylation is 1. The van der Waals surface area contributed by atoms with Crippen LogP contribution < -0.4 is 10.2 Å². The summed E-state index contributed by atoms with van der Waals surface area (Å²) in [6.45, 7) is 12.0. The third kappa shape index (κ3) is 4.41. The summed E-state index contributed by atoms with van der Waals surface area (Å²) in [6.07, 6.45) is 2.26. The second kappa shape index (κ2) is 6.63. The highest BCUT2D eigenvalue weighted by atomic mass is 32.1. The zero-order valence-corrected chi connectivity index (χ0v) is 15.2. The number of likely N-dealkylation sites (N-methyl/N-ethyl adjacent to an activating group) is 1. The van der Waals surface area contributed by atoms with Crippen LogP contribution in [-0.2, 0) is 13.0 Å². The first kappa shape index (κ1) is 16.7. The first-order valence-corrected chi connectivity index (χ1v) is 8.76. The molecule has 2 rings (SSSR count). The third-order valence-electron chi connectivity index (χ3n) is 4.05. The lowest BCUT2D eigenvalue weighted by Crippen LogP contribution is -2.35. The predicted octanol–water partition coefficient (Wildman–Crippen LogP) is 2.73. The average Bonchev–Trinajstić information content (AvgIpc) is 3.01. The van der Waals surface area contributed by atoms with E-state index in [4.69, 9.17) is 4.98 Å². The third-order valence-corrected chi connectivity index (χ3v) is 5.20. The van der Waals surface area contributed by atoms with Crippen LogP contribution in [0, 0.1) is 0 Å². The van der Waals surface area contributed by atoms with Crippen molar-refractivity contribution in [3.63, 3.8) is 0 Å². The molecule has 1 saturated heterocycles. The lowest BCUT2D eigenvalue weighted by atomic mass is 10.1. The van der Waals surface area contributed by atoms with Crippen molar-refractivity contribution in [2.75, 3.05) is 32.1 Å². The van der Waals surface area contributed by atoms with Crippen molar-refractivity contribution < 1.29 is 0 Å². The summed E-state index contributed by atoms with van der Waals surface area (Å²) in [4.78, 5) is 11.1. The van der Waals surface area contributed by atoms with E-state index in [-0.39, 0.29) is 5.54 Å². The zero-order valence-electron chi connectivity index (χ0n) is 14.4. The second-order valence-electron chi connectivity index (χ2n) is 7.18. The summed E-state index contributed by atoms with van der Waals surface area (Å²) in [5, 5.41) is 4.80. The number of hydrogen-bond acceptors (Lipinski definition) is 5. The van der Waals surface area contributed by atoms with Gasteiger partial charge in [-0.2, -0.15) is 0 Å². The number of thiazole rings is 1. The van der Waals surface area contributed by atoms with E-state index >= 15 is 0 Å². The molecule has 0 radical (unpaired) electrons. The highest BCUT2D eigenvalue weighted by molar-refractivity contribution is 7.15. The molecule has 2 heterocycles. The summed E-state index contributed by atoms with van der Waals surface area (Å²) < 4.78 is 0. The summed E-state index contributed by atoms with van der Waals surface area (Å²) >= 11 is 1.87. The molecular formula is C16H30N4S. The van der Waals surface area contributed by atoms with E-state index in [9.17, 15) is 0 Å². The number of anilines is 1. The summed E-state index contributed by atoms with van der Waals surface area (Å²) in [5.41, 5.74) is 1.42. The number of nitrogens with zero attached hydrogens (tertiary/aromatic N) is 3. The summed E-state index contributed by atoms with van der Waals surface area (Å²) in [6, 6.07) is 0.662. The highest BCUT2D eigenvalue weighted by Crippen LogP contribution is 2.30. The Morgan fingerprint density at radius 1 is 1.38 bits per heavy atom. The van der Waals surface area contributed by atoms with Crippen molar-refractivity contribution in [2.24, 2.45) is 0 Å². The fraction of sp³-hybridized carbons (Fsp3) is 0.812. The van der Waals surface area contributed by atoms with Gasteiger partial charge < -0.3 is 15.1 Å². The second-order valence-corrected chi connectivity index (χ2v) is 8.24. The minimum atomic E-state index is 0.152. The SMILES string of the molecule is CCc1nc(N2CCC(N(C)C)C2)sc1CNC(C)(C)C. The Morgan fingerprint density at radius 3 is 2.62 bits per heavy atom. The van der Waals surface area contributed by atoms with Crippen LogP contribution in [0.3, 0.4) is 0 Å². The van der Waals surface area contributed by atoms with Gasteiger partial charge in [0.25, 0.3) is 0 Å². The highest BCUT2D eigenvalue weighted by Gasteiger charge is 2.26. The summed E-state index contributed by atoms with van der Waals surface area (Å²) in [7, 11) is 4.35. The normalized spacial score (nSPS) is 19.8. The van der Waals surface area contributed by atoms with Crippen molar-refractivity contribution in [1.82, 2.24) is 15.2 Å². The Kier molecular flexibility index (Phi) is 5.28. The number of nitrogens with one attached hydrogen (secondary N) is 1. The Hall–Kier alpha value is -0.650. The molecule has 0 aliphatic carbocycles. The van der Waals surface area contributed by atoms with Crippen LogP contribution in [0.1, 0.15) is 44.7 Å². The first-order chi connectivity index (χ1) is 9.80. The standard InChI is InChI=1S/C16H30N4S/c1-7-13-14(10-17-16(2,3)4)21-15(18-13)20-9-8-12(11-20)19(5)6/h12,17H,7-11H2,1-6H3. The van der Waals surface area contributed by atoms with Crippen LogP contribution in [-0.4, -0.2) is 48.6 Å². The summed E-state index contributed by atoms with van der Waals surface area (Å²) in [5.74, 6) is 0. The molecule has 0 saturated carbocycles. The van der Waals surface area contributed by atoms with Gasteiger partial charge in [-0.3, -0.25) is 0 Å². The van der Waals surface area contributed by atoms with Gasteiger partial charge in [-0.25, -0.2) is 4.98 Å². The van der Waals surface area contributed by atoms with Crippen LogP contribution in [0.15, 0.2) is 0 Å². The molecule has 0 amide bonds. The monoisotopic (exact) mass is 310 g/mol. The number of hydrogen-bond donors (Lipinski definition) is 1. The van der Waals surface area contributed by atoms with E-state index in [1.165, 1.54) is 22.1 Å². The molecule has 120 valence electrons. The molecule has 4 nitrogen and oxygen atoms in total. The topological polar surface area (TPSA) is 31.4 Å². The molecule has 1 unspecified atom stereocenters. The van der Waals surface area contributed by atoms with Gasteiger partial charge >= 0.3 is 0 Å². The molecule has 1 N–H and O–H groups in total. The maximum absolute atomic E-state index is 4.89. The van der Waals surface area contributed by atoms with E-state index in [1.54, 1.807) is 0 Å². The van der Waals surface area contributed by atoms with Crippen molar-refractivity contribution in [2.45, 2.75) is 58.7 Å². The van der Waals surface area contributed by atoms with Gasteiger partial charge in [-0.15, -0.1) is 11.3 Å². The van der Waals surface area contributed by atoms with Crippen LogP contribution in [0.4, 0.5) is 5.13 Å². The lowest BCUT2D eigenvalue weighted by molar-refractivity contribution is 0.315. The van der Waals surface area contributed by atoms with Crippen molar-refractivity contribution >= 4 is 16.5 Å². The minimum Gasteiger partial charge on any atom is -0.346 e. The van der Waals surface area contributed by atoms with E-state index in [0.717, 1.165) is 26.1 Å². The van der Waals surface area contributed by atoms with Crippen LogP contribution in [0.2, 0.25) is 0 Å². The molecule has 0 aromatic carbocycles. The molecule has 0 bridgehead atoms. The minimum absolute atomic E-state index is 0.152. The van der Waals surface area contributed by atoms with Gasteiger partial charge in [-0.05, 0) is 47.7 Å². The molecule has 1 fully saturated rings. The van der Waals surface area contributed by atoms with Crippen LogP contribution in [0.5, 0.6) is 0 Å².